The van der Waals surface area contributed by atoms with Crippen LogP contribution in [-0.4, -0.2) is 54.1 Å². The summed E-state index contributed by atoms with van der Waals surface area (Å²) in [6.45, 7) is 3.13. The van der Waals surface area contributed by atoms with Crippen molar-refractivity contribution in [3.8, 4) is 0 Å². The van der Waals surface area contributed by atoms with Gasteiger partial charge < -0.3 is 20.1 Å². The summed E-state index contributed by atoms with van der Waals surface area (Å²) in [5.41, 5.74) is 1.90. The van der Waals surface area contributed by atoms with E-state index in [9.17, 15) is 22.8 Å². The van der Waals surface area contributed by atoms with Gasteiger partial charge in [-0.25, -0.2) is 4.68 Å². The summed E-state index contributed by atoms with van der Waals surface area (Å²) in [5, 5.41) is 9.31. The first kappa shape index (κ1) is 28.6. The lowest BCUT2D eigenvalue weighted by Crippen LogP contribution is -2.45. The number of hydrogen-bond acceptors (Lipinski definition) is 7. The number of rotatable bonds is 8. The molecule has 1 unspecified atom stereocenters. The molecule has 4 rings (SSSR count). The van der Waals surface area contributed by atoms with Gasteiger partial charge in [-0.3, -0.25) is 24.6 Å². The van der Waals surface area contributed by atoms with Crippen LogP contribution in [0.3, 0.4) is 0 Å². The van der Waals surface area contributed by atoms with Crippen molar-refractivity contribution in [1.29, 1.82) is 0 Å². The number of aromatic nitrogens is 2. The molecule has 1 aromatic heterocycles. The monoisotopic (exact) mass is 585 g/mol. The van der Waals surface area contributed by atoms with Crippen molar-refractivity contribution in [1.82, 2.24) is 15.1 Å². The van der Waals surface area contributed by atoms with E-state index in [1.165, 1.54) is 47.6 Å². The van der Waals surface area contributed by atoms with Crippen molar-refractivity contribution >= 4 is 56.4 Å². The number of anilines is 2. The SMILES string of the molecule is CC(=O)Nc1ccc(NC(=O)CC2C(=O)N(C)C(=S)N2Cc2/c(=N/S(=O)(=O)c3ccc(C)cc3)o[n-][n+]2C)cc1. The van der Waals surface area contributed by atoms with E-state index in [1.807, 2.05) is 6.92 Å². The summed E-state index contributed by atoms with van der Waals surface area (Å²) in [7, 11) is -1.09. The summed E-state index contributed by atoms with van der Waals surface area (Å²) in [6.07, 6.45) is -0.236. The first-order chi connectivity index (χ1) is 18.9. The van der Waals surface area contributed by atoms with Crippen molar-refractivity contribution < 1.29 is 32.0 Å². The Labute approximate surface area is 235 Å². The molecule has 2 aromatic carbocycles. The van der Waals surface area contributed by atoms with Crippen LogP contribution in [0, 0.1) is 6.92 Å². The van der Waals surface area contributed by atoms with Crippen molar-refractivity contribution in [3.63, 3.8) is 0 Å². The molecule has 15 heteroatoms. The highest BCUT2D eigenvalue weighted by molar-refractivity contribution is 7.90. The third-order valence-corrected chi connectivity index (χ3v) is 7.90. The van der Waals surface area contributed by atoms with Crippen LogP contribution in [0.1, 0.15) is 24.6 Å². The number of thiocarbonyl (C=S) groups is 1. The number of carbonyl (C=O) groups excluding carboxylic acids is 3. The van der Waals surface area contributed by atoms with Crippen molar-refractivity contribution in [2.75, 3.05) is 17.7 Å². The predicted octanol–water partition coefficient (Wildman–Crippen LogP) is 0.574. The number of amides is 3. The normalized spacial score (nSPS) is 16.0. The molecule has 0 radical (unpaired) electrons. The zero-order valence-corrected chi connectivity index (χ0v) is 23.7. The summed E-state index contributed by atoms with van der Waals surface area (Å²) >= 11 is 5.46. The van der Waals surface area contributed by atoms with Gasteiger partial charge in [0.2, 0.25) is 11.8 Å². The van der Waals surface area contributed by atoms with Crippen LogP contribution in [0.2, 0.25) is 0 Å². The van der Waals surface area contributed by atoms with Crippen LogP contribution in [0.5, 0.6) is 0 Å². The summed E-state index contributed by atoms with van der Waals surface area (Å²) in [4.78, 5) is 39.8. The van der Waals surface area contributed by atoms with Crippen LogP contribution in [0.25, 0.3) is 0 Å². The molecule has 0 bridgehead atoms. The van der Waals surface area contributed by atoms with E-state index in [4.69, 9.17) is 16.7 Å². The molecule has 1 aliphatic heterocycles. The lowest BCUT2D eigenvalue weighted by Gasteiger charge is -2.21. The third kappa shape index (κ3) is 6.26. The minimum Gasteiger partial charge on any atom is -0.486 e. The summed E-state index contributed by atoms with van der Waals surface area (Å²) in [5.74, 6) is -1.07. The molecule has 1 saturated heterocycles. The zero-order chi connectivity index (χ0) is 29.2. The summed E-state index contributed by atoms with van der Waals surface area (Å²) in [6, 6.07) is 11.7. The Morgan fingerprint density at radius 1 is 1.10 bits per heavy atom. The minimum atomic E-state index is -4.12. The highest BCUT2D eigenvalue weighted by Gasteiger charge is 2.43. The van der Waals surface area contributed by atoms with E-state index in [1.54, 1.807) is 36.4 Å². The van der Waals surface area contributed by atoms with E-state index in [0.717, 1.165) is 5.56 Å². The number of aryl methyl sites for hydroxylation is 2. The molecule has 1 atom stereocenters. The number of nitrogens with zero attached hydrogens (tertiary/aromatic N) is 5. The topological polar surface area (TPSA) is 159 Å². The molecule has 3 aromatic rings. The summed E-state index contributed by atoms with van der Waals surface area (Å²) < 4.78 is 36.1. The van der Waals surface area contributed by atoms with Crippen LogP contribution < -0.4 is 26.1 Å². The molecule has 0 saturated carbocycles. The Balaban J connectivity index is 1.56. The number of carbonyl (C=O) groups is 3. The lowest BCUT2D eigenvalue weighted by atomic mass is 10.1. The van der Waals surface area contributed by atoms with Gasteiger partial charge in [-0.15, -0.1) is 4.40 Å². The molecule has 40 heavy (non-hydrogen) atoms. The van der Waals surface area contributed by atoms with Gasteiger partial charge in [-0.1, -0.05) is 17.7 Å². The average molecular weight is 586 g/mol. The Morgan fingerprint density at radius 2 is 1.70 bits per heavy atom. The fraction of sp³-hybridized carbons (Fsp3) is 0.280. The van der Waals surface area contributed by atoms with Gasteiger partial charge in [-0.05, 0) is 55.5 Å². The Hall–Kier alpha value is -4.37. The number of nitrogens with one attached hydrogen (secondary N) is 2. The zero-order valence-electron chi connectivity index (χ0n) is 22.1. The highest BCUT2D eigenvalue weighted by atomic mass is 32.2. The second-order valence-corrected chi connectivity index (χ2v) is 11.1. The standard InChI is InChI=1S/C25H27N7O6S2/c1-15-5-11-19(12-6-15)40(36,37)28-23-21(31(4)29-38-23)14-32-20(24(35)30(3)25(32)39)13-22(34)27-18-9-7-17(8-10-18)26-16(2)33/h5-12,20H,13-14H2,1-4H3,(H,26,33)(H,27,34)/b28-23-. The molecule has 13 nitrogen and oxygen atoms in total. The molecule has 0 aliphatic carbocycles. The quantitative estimate of drug-likeness (QED) is 0.285. The average Bonchev–Trinajstić information content (AvgIpc) is 3.32. The minimum absolute atomic E-state index is 0.0191. The highest BCUT2D eigenvalue weighted by Crippen LogP contribution is 2.22. The van der Waals surface area contributed by atoms with E-state index in [-0.39, 0.29) is 40.1 Å². The van der Waals surface area contributed by atoms with Crippen LogP contribution >= 0.6 is 12.2 Å². The Bertz CT molecular complexity index is 1640. The number of likely N-dealkylation sites (N-methyl/N-ethyl adjacent to an activating group) is 1. The molecule has 2 heterocycles. The van der Waals surface area contributed by atoms with Crippen molar-refractivity contribution in [2.45, 2.75) is 37.8 Å². The van der Waals surface area contributed by atoms with Crippen LogP contribution in [0.4, 0.5) is 11.4 Å². The fourth-order valence-electron chi connectivity index (χ4n) is 3.99. The maximum atomic E-state index is 13.0. The lowest BCUT2D eigenvalue weighted by molar-refractivity contribution is -0.752. The number of sulfonamides is 1. The smallest absolute Gasteiger partial charge is 0.289 e. The molecular weight excluding hydrogens is 558 g/mol. The van der Waals surface area contributed by atoms with Crippen molar-refractivity contribution in [2.24, 2.45) is 11.4 Å². The van der Waals surface area contributed by atoms with Crippen molar-refractivity contribution in [3.05, 3.63) is 65.3 Å². The molecule has 2 N–H and O–H groups in total. The Kier molecular flexibility index (Phi) is 8.16. The van der Waals surface area contributed by atoms with E-state index in [0.29, 0.717) is 11.4 Å². The van der Waals surface area contributed by atoms with Gasteiger partial charge in [0, 0.05) is 25.3 Å². The number of benzene rings is 2. The molecular formula is C25H27N7O6S2. The van der Waals surface area contributed by atoms with Gasteiger partial charge in [0.1, 0.15) is 19.6 Å². The third-order valence-electron chi connectivity index (χ3n) is 6.12. The van der Waals surface area contributed by atoms with Crippen LogP contribution in [-0.2, 0) is 38.0 Å². The first-order valence-electron chi connectivity index (χ1n) is 12.0. The molecule has 3 amide bonds. The van der Waals surface area contributed by atoms with Gasteiger partial charge in [-0.2, -0.15) is 8.42 Å². The van der Waals surface area contributed by atoms with Gasteiger partial charge >= 0.3 is 0 Å². The fourth-order valence-corrected chi connectivity index (χ4v) is 5.22. The Morgan fingerprint density at radius 3 is 2.30 bits per heavy atom. The van der Waals surface area contributed by atoms with E-state index >= 15 is 0 Å². The predicted molar refractivity (Wildman–Crippen MR) is 146 cm³/mol. The molecule has 1 aliphatic rings. The number of hydrogen-bond donors (Lipinski definition) is 2. The maximum Gasteiger partial charge on any atom is 0.289 e. The molecule has 1 fully saturated rings. The molecule has 0 spiro atoms. The van der Waals surface area contributed by atoms with Gasteiger partial charge in [0.15, 0.2) is 5.11 Å². The molecule has 210 valence electrons. The maximum absolute atomic E-state index is 13.0. The second kappa shape index (κ2) is 11.4. The van der Waals surface area contributed by atoms with E-state index < -0.39 is 27.9 Å². The second-order valence-electron chi connectivity index (χ2n) is 9.16. The first-order valence-corrected chi connectivity index (χ1v) is 13.9. The largest absolute Gasteiger partial charge is 0.486 e. The van der Waals surface area contributed by atoms with Crippen LogP contribution in [0.15, 0.2) is 62.3 Å². The van der Waals surface area contributed by atoms with Gasteiger partial charge in [0.25, 0.3) is 27.2 Å². The van der Waals surface area contributed by atoms with E-state index in [2.05, 4.69) is 20.3 Å². The van der Waals surface area contributed by atoms with Gasteiger partial charge in [0.05, 0.1) is 11.3 Å².